The molecular formula is C7H5BrINO3. The monoisotopic (exact) mass is 357 g/mol. The molecule has 0 saturated carbocycles. The van der Waals surface area contributed by atoms with Gasteiger partial charge in [0.25, 0.3) is 5.69 Å². The van der Waals surface area contributed by atoms with Gasteiger partial charge in [-0.1, -0.05) is 0 Å². The van der Waals surface area contributed by atoms with Gasteiger partial charge in [0.2, 0.25) is 0 Å². The van der Waals surface area contributed by atoms with Gasteiger partial charge < -0.3 is 4.74 Å². The number of ether oxygens (including phenoxy) is 1. The second-order valence-electron chi connectivity index (χ2n) is 2.20. The van der Waals surface area contributed by atoms with Crippen LogP contribution in [0.4, 0.5) is 5.69 Å². The average molecular weight is 358 g/mol. The number of hydrogen-bond acceptors (Lipinski definition) is 3. The molecule has 1 aromatic carbocycles. The Morgan fingerprint density at radius 1 is 1.62 bits per heavy atom. The van der Waals surface area contributed by atoms with Gasteiger partial charge >= 0.3 is 0 Å². The van der Waals surface area contributed by atoms with Gasteiger partial charge in [0, 0.05) is 12.1 Å². The summed E-state index contributed by atoms with van der Waals surface area (Å²) in [6.07, 6.45) is 0. The van der Waals surface area contributed by atoms with Gasteiger partial charge in [0.1, 0.15) is 5.75 Å². The summed E-state index contributed by atoms with van der Waals surface area (Å²) >= 11 is 5.08. The van der Waals surface area contributed by atoms with E-state index >= 15 is 0 Å². The third-order valence-electron chi connectivity index (χ3n) is 1.42. The number of rotatable bonds is 2. The molecule has 0 N–H and O–H groups in total. The fourth-order valence-corrected chi connectivity index (χ4v) is 1.95. The molecular weight excluding hydrogens is 353 g/mol. The molecule has 0 fully saturated rings. The fourth-order valence-electron chi connectivity index (χ4n) is 0.814. The van der Waals surface area contributed by atoms with E-state index in [0.717, 1.165) is 3.57 Å². The molecule has 6 heteroatoms. The largest absolute Gasteiger partial charge is 0.496 e. The molecule has 13 heavy (non-hydrogen) atoms. The Labute approximate surface area is 96.7 Å². The topological polar surface area (TPSA) is 52.4 Å². The smallest absolute Gasteiger partial charge is 0.284 e. The van der Waals surface area contributed by atoms with Gasteiger partial charge in [-0.05, 0) is 38.5 Å². The Bertz CT molecular complexity index is 356. The fraction of sp³-hybridized carbons (Fsp3) is 0.143. The minimum atomic E-state index is -0.439. The molecule has 1 rings (SSSR count). The van der Waals surface area contributed by atoms with Crippen molar-refractivity contribution >= 4 is 44.2 Å². The Hall–Kier alpha value is -0.370. The molecule has 0 saturated heterocycles. The first kappa shape index (κ1) is 10.7. The van der Waals surface area contributed by atoms with Crippen molar-refractivity contribution in [3.63, 3.8) is 0 Å². The van der Waals surface area contributed by atoms with Crippen LogP contribution in [0.3, 0.4) is 0 Å². The van der Waals surface area contributed by atoms with Crippen molar-refractivity contribution in [2.45, 2.75) is 0 Å². The van der Waals surface area contributed by atoms with E-state index in [1.807, 2.05) is 22.6 Å². The van der Waals surface area contributed by atoms with Crippen LogP contribution in [0, 0.1) is 13.7 Å². The Kier molecular flexibility index (Phi) is 3.48. The van der Waals surface area contributed by atoms with Crippen molar-refractivity contribution < 1.29 is 9.66 Å². The molecule has 0 aliphatic carbocycles. The predicted molar refractivity (Wildman–Crippen MR) is 60.1 cm³/mol. The summed E-state index contributed by atoms with van der Waals surface area (Å²) in [7, 11) is 1.52. The van der Waals surface area contributed by atoms with Gasteiger partial charge in [-0.15, -0.1) is 0 Å². The maximum absolute atomic E-state index is 10.5. The first-order chi connectivity index (χ1) is 6.06. The number of nitro benzene ring substituents is 1. The molecule has 70 valence electrons. The van der Waals surface area contributed by atoms with Crippen molar-refractivity contribution in [3.8, 4) is 5.75 Å². The first-order valence-electron chi connectivity index (χ1n) is 3.23. The van der Waals surface area contributed by atoms with E-state index in [0.29, 0.717) is 10.2 Å². The first-order valence-corrected chi connectivity index (χ1v) is 5.11. The highest BCUT2D eigenvalue weighted by molar-refractivity contribution is 14.1. The number of nitrogens with zero attached hydrogens (tertiary/aromatic N) is 1. The Morgan fingerprint density at radius 2 is 2.23 bits per heavy atom. The Balaban J connectivity index is 3.28. The number of halogens is 2. The number of hydrogen-bond donors (Lipinski definition) is 0. The van der Waals surface area contributed by atoms with Gasteiger partial charge in [-0.2, -0.15) is 0 Å². The highest BCUT2D eigenvalue weighted by Gasteiger charge is 2.15. The van der Waals surface area contributed by atoms with Crippen LogP contribution in [-0.4, -0.2) is 12.0 Å². The van der Waals surface area contributed by atoms with Crippen LogP contribution in [0.5, 0.6) is 5.75 Å². The molecule has 0 aliphatic heterocycles. The van der Waals surface area contributed by atoms with E-state index in [-0.39, 0.29) is 5.69 Å². The second kappa shape index (κ2) is 4.23. The van der Waals surface area contributed by atoms with Crippen molar-refractivity contribution in [1.29, 1.82) is 0 Å². The van der Waals surface area contributed by atoms with Gasteiger partial charge in [0.05, 0.1) is 20.1 Å². The quantitative estimate of drug-likeness (QED) is 0.464. The molecule has 0 amide bonds. The molecule has 0 unspecified atom stereocenters. The molecule has 0 aliphatic rings. The maximum Gasteiger partial charge on any atom is 0.284 e. The summed E-state index contributed by atoms with van der Waals surface area (Å²) in [6.45, 7) is 0. The van der Waals surface area contributed by atoms with Crippen molar-refractivity contribution in [1.82, 2.24) is 0 Å². The molecule has 0 radical (unpaired) electrons. The zero-order valence-corrected chi connectivity index (χ0v) is 10.3. The van der Waals surface area contributed by atoms with E-state index in [1.165, 1.54) is 13.2 Å². The lowest BCUT2D eigenvalue weighted by Crippen LogP contribution is -1.93. The lowest BCUT2D eigenvalue weighted by atomic mass is 10.3. The van der Waals surface area contributed by atoms with Crippen LogP contribution in [0.15, 0.2) is 16.6 Å². The lowest BCUT2D eigenvalue weighted by molar-refractivity contribution is -0.385. The van der Waals surface area contributed by atoms with Crippen LogP contribution in [-0.2, 0) is 0 Å². The summed E-state index contributed by atoms with van der Waals surface area (Å²) in [5.41, 5.74) is 0.0465. The van der Waals surface area contributed by atoms with Crippen molar-refractivity contribution in [2.75, 3.05) is 7.11 Å². The van der Waals surface area contributed by atoms with E-state index in [9.17, 15) is 10.1 Å². The van der Waals surface area contributed by atoms with Crippen LogP contribution >= 0.6 is 38.5 Å². The summed E-state index contributed by atoms with van der Waals surface area (Å²) in [6, 6.07) is 3.05. The number of nitro groups is 1. The zero-order valence-electron chi connectivity index (χ0n) is 6.58. The molecule has 4 nitrogen and oxygen atoms in total. The van der Waals surface area contributed by atoms with Gasteiger partial charge in [0.15, 0.2) is 0 Å². The molecule has 0 spiro atoms. The van der Waals surface area contributed by atoms with E-state index in [4.69, 9.17) is 4.74 Å². The Morgan fingerprint density at radius 3 is 2.69 bits per heavy atom. The normalized spacial score (nSPS) is 9.77. The highest BCUT2D eigenvalue weighted by Crippen LogP contribution is 2.33. The van der Waals surface area contributed by atoms with Gasteiger partial charge in [-0.25, -0.2) is 0 Å². The van der Waals surface area contributed by atoms with Crippen LogP contribution < -0.4 is 4.74 Å². The molecule has 0 aromatic heterocycles. The standard InChI is InChI=1S/C7H5BrINO3/c1-13-7-2-4(8)6(10(11)12)3-5(7)9/h2-3H,1H3. The number of methoxy groups -OCH3 is 1. The summed E-state index contributed by atoms with van der Waals surface area (Å²) in [5.74, 6) is 0.623. The molecule has 0 atom stereocenters. The third-order valence-corrected chi connectivity index (χ3v) is 2.90. The maximum atomic E-state index is 10.5. The number of benzene rings is 1. The van der Waals surface area contributed by atoms with Crippen LogP contribution in [0.25, 0.3) is 0 Å². The van der Waals surface area contributed by atoms with Crippen LogP contribution in [0.2, 0.25) is 0 Å². The summed E-state index contributed by atoms with van der Waals surface area (Å²) < 4.78 is 6.14. The third kappa shape index (κ3) is 2.31. The van der Waals surface area contributed by atoms with E-state index < -0.39 is 4.92 Å². The average Bonchev–Trinajstić information content (AvgIpc) is 2.07. The minimum absolute atomic E-state index is 0.0465. The van der Waals surface area contributed by atoms with Crippen molar-refractivity contribution in [2.24, 2.45) is 0 Å². The minimum Gasteiger partial charge on any atom is -0.496 e. The molecule has 0 bridgehead atoms. The SMILES string of the molecule is COc1cc(Br)c([N+](=O)[O-])cc1I. The molecule has 0 heterocycles. The summed E-state index contributed by atoms with van der Waals surface area (Å²) in [4.78, 5) is 10.1. The van der Waals surface area contributed by atoms with E-state index in [2.05, 4.69) is 15.9 Å². The second-order valence-corrected chi connectivity index (χ2v) is 4.21. The summed E-state index contributed by atoms with van der Waals surface area (Å²) in [5, 5.41) is 10.5. The predicted octanol–water partition coefficient (Wildman–Crippen LogP) is 2.97. The van der Waals surface area contributed by atoms with E-state index in [1.54, 1.807) is 6.07 Å². The highest BCUT2D eigenvalue weighted by atomic mass is 127. The van der Waals surface area contributed by atoms with Crippen molar-refractivity contribution in [3.05, 3.63) is 30.3 Å². The molecule has 1 aromatic rings. The van der Waals surface area contributed by atoms with Crippen LogP contribution in [0.1, 0.15) is 0 Å². The zero-order chi connectivity index (χ0) is 10.0. The van der Waals surface area contributed by atoms with Gasteiger partial charge in [-0.3, -0.25) is 10.1 Å². The lowest BCUT2D eigenvalue weighted by Gasteiger charge is -2.03.